The Hall–Kier alpha value is 1.99. The smallest absolute Gasteiger partial charge is 0.822 e. The average Bonchev–Trinajstić information content (AvgIpc) is 1.12. The van der Waals surface area contributed by atoms with Gasteiger partial charge in [0.2, 0.25) is 0 Å². The van der Waals surface area contributed by atoms with Crippen LogP contribution in [0.15, 0.2) is 0 Å². The van der Waals surface area contributed by atoms with E-state index in [1.54, 1.807) is 0 Å². The Kier molecular flexibility index (Phi) is 18.8. The Bertz CT molecular complexity index is 127. The van der Waals surface area contributed by atoms with E-state index in [2.05, 4.69) is 0 Å². The minimum atomic E-state index is -5.39. The van der Waals surface area contributed by atoms with E-state index in [4.69, 9.17) is 38.5 Å². The van der Waals surface area contributed by atoms with Crippen molar-refractivity contribution in [1.82, 2.24) is 0 Å². The van der Waals surface area contributed by atoms with E-state index in [0.29, 0.717) is 0 Å². The van der Waals surface area contributed by atoms with Crippen LogP contribution in [0.25, 0.3) is 0 Å². The summed E-state index contributed by atoms with van der Waals surface area (Å²) in [4.78, 5) is 51.3. The third-order valence-electron chi connectivity index (χ3n) is 0. The zero-order valence-corrected chi connectivity index (χ0v) is 13.8. The fourth-order valence-corrected chi connectivity index (χ4v) is 0. The first-order chi connectivity index (χ1) is 4.00. The quantitative estimate of drug-likeness (QED) is 0.193. The van der Waals surface area contributed by atoms with Gasteiger partial charge in [0.05, 0.1) is 0 Å². The van der Waals surface area contributed by atoms with Crippen LogP contribution < -0.4 is 29.4 Å². The second-order valence-corrected chi connectivity index (χ2v) is 2.68. The fourth-order valence-electron chi connectivity index (χ4n) is 0. The van der Waals surface area contributed by atoms with Crippen molar-refractivity contribution in [3.63, 3.8) is 0 Å². The molecule has 0 bridgehead atoms. The Balaban J connectivity index is -0.0000000457. The van der Waals surface area contributed by atoms with E-state index >= 15 is 0 Å². The molecule has 0 aromatic heterocycles. The Morgan fingerprint density at radius 3 is 0.583 bits per heavy atom. The molecule has 0 saturated carbocycles. The van der Waals surface area contributed by atoms with Gasteiger partial charge in [-0.25, -0.2) is 0 Å². The summed E-state index contributed by atoms with van der Waals surface area (Å²) in [5, 5.41) is 0. The topological polar surface area (TPSA) is 172 Å². The number of phosphoric acid groups is 2. The van der Waals surface area contributed by atoms with Gasteiger partial charge in [-0.3, -0.25) is 0 Å². The summed E-state index contributed by atoms with van der Waals surface area (Å²) in [6.45, 7) is 0. The molecule has 0 aliphatic heterocycles. The van der Waals surface area contributed by atoms with Crippen LogP contribution >= 0.6 is 15.6 Å². The van der Waals surface area contributed by atoms with Crippen LogP contribution in [0, 0.1) is 0 Å². The summed E-state index contributed by atoms with van der Waals surface area (Å²) < 4.78 is 17.1. The second kappa shape index (κ2) is 9.54. The fraction of sp³-hybridized carbons (Fsp3) is 0. The summed E-state index contributed by atoms with van der Waals surface area (Å²) in [7, 11) is -10.8. The third-order valence-corrected chi connectivity index (χ3v) is 0. The Morgan fingerprint density at radius 1 is 0.583 bits per heavy atom. The standard InChI is InChI=1S/2Bi.2H3O4P/c;;2*1-5(2,3)4/h;;2*(H3,1,2,3,4)/q2*+3;;/p-6. The molecule has 0 rings (SSSR count). The molecule has 0 fully saturated rings. The van der Waals surface area contributed by atoms with E-state index in [0.717, 1.165) is 0 Å². The Morgan fingerprint density at radius 2 is 0.583 bits per heavy atom. The van der Waals surface area contributed by atoms with Crippen molar-refractivity contribution in [3.05, 3.63) is 0 Å². The summed E-state index contributed by atoms with van der Waals surface area (Å²) in [6.07, 6.45) is 0. The molecule has 12 heavy (non-hydrogen) atoms. The van der Waals surface area contributed by atoms with Crippen LogP contribution in [0.1, 0.15) is 0 Å². The number of hydrogen-bond acceptors (Lipinski definition) is 8. The molecule has 0 saturated heterocycles. The largest absolute Gasteiger partial charge is 3.00 e. The van der Waals surface area contributed by atoms with Gasteiger partial charge in [0.25, 0.3) is 0 Å². The zero-order chi connectivity index (χ0) is 9.00. The first-order valence-electron chi connectivity index (χ1n) is 1.46. The first kappa shape index (κ1) is 23.7. The van der Waals surface area contributed by atoms with Crippen LogP contribution in [-0.2, 0) is 9.13 Å². The van der Waals surface area contributed by atoms with E-state index in [1.165, 1.54) is 0 Å². The van der Waals surface area contributed by atoms with Crippen LogP contribution in [0.5, 0.6) is 0 Å². The van der Waals surface area contributed by atoms with Crippen LogP contribution in [0.2, 0.25) is 0 Å². The van der Waals surface area contributed by atoms with Gasteiger partial charge < -0.3 is 38.5 Å². The minimum absolute atomic E-state index is 0. The van der Waals surface area contributed by atoms with Crippen molar-refractivity contribution in [2.45, 2.75) is 0 Å². The minimum Gasteiger partial charge on any atom is -0.822 e. The molecule has 0 aromatic carbocycles. The molecule has 0 aliphatic carbocycles. The SMILES string of the molecule is O=P([O-])([O-])[O-].O=P([O-])([O-])[O-].[Bi+3].[Bi+3]. The predicted octanol–water partition coefficient (Wildman–Crippen LogP) is -6.41. The van der Waals surface area contributed by atoms with Gasteiger partial charge in [-0.1, -0.05) is 0 Å². The van der Waals surface area contributed by atoms with Gasteiger partial charge in [-0.05, 0) is 0 Å². The van der Waals surface area contributed by atoms with Crippen molar-refractivity contribution >= 4 is 68.1 Å². The average molecular weight is 608 g/mol. The molecule has 12 heteroatoms. The molecule has 0 aromatic rings. The maximum atomic E-state index is 8.55. The maximum absolute atomic E-state index is 8.55. The van der Waals surface area contributed by atoms with Crippen molar-refractivity contribution in [2.75, 3.05) is 0 Å². The van der Waals surface area contributed by atoms with Crippen molar-refractivity contribution in [3.8, 4) is 0 Å². The molecule has 0 unspecified atom stereocenters. The predicted molar refractivity (Wildman–Crippen MR) is 26.7 cm³/mol. The van der Waals surface area contributed by atoms with Gasteiger partial charge >= 0.3 is 52.4 Å². The molecular weight excluding hydrogens is 608 g/mol. The molecule has 8 nitrogen and oxygen atoms in total. The van der Waals surface area contributed by atoms with Crippen molar-refractivity contribution < 1.29 is 38.5 Å². The van der Waals surface area contributed by atoms with Crippen molar-refractivity contribution in [1.29, 1.82) is 0 Å². The number of hydrogen-bond donors (Lipinski definition) is 0. The summed E-state index contributed by atoms with van der Waals surface area (Å²) in [5.41, 5.74) is 0. The van der Waals surface area contributed by atoms with Crippen LogP contribution in [0.4, 0.5) is 0 Å². The van der Waals surface area contributed by atoms with Gasteiger partial charge in [-0.2, -0.15) is 15.6 Å². The molecule has 68 valence electrons. The monoisotopic (exact) mass is 608 g/mol. The van der Waals surface area contributed by atoms with E-state index < -0.39 is 15.6 Å². The zero-order valence-electron chi connectivity index (χ0n) is 5.05. The molecule has 0 N–H and O–H groups in total. The molecule has 0 aliphatic rings. The molecule has 0 atom stereocenters. The van der Waals surface area contributed by atoms with Gasteiger partial charge in [0.1, 0.15) is 0 Å². The second-order valence-electron chi connectivity index (χ2n) is 0.894. The van der Waals surface area contributed by atoms with E-state index in [9.17, 15) is 0 Å². The van der Waals surface area contributed by atoms with E-state index in [1.807, 2.05) is 0 Å². The third kappa shape index (κ3) is 367. The van der Waals surface area contributed by atoms with Gasteiger partial charge in [0.15, 0.2) is 0 Å². The normalized spacial score (nSPS) is 9.83. The molecule has 0 heterocycles. The summed E-state index contributed by atoms with van der Waals surface area (Å²) >= 11 is 0. The Labute approximate surface area is 106 Å². The maximum Gasteiger partial charge on any atom is 3.00 e. The summed E-state index contributed by atoms with van der Waals surface area (Å²) in [5.74, 6) is 0. The summed E-state index contributed by atoms with van der Waals surface area (Å²) in [6, 6.07) is 0. The van der Waals surface area contributed by atoms with Gasteiger partial charge in [0, 0.05) is 0 Å². The molecule has 0 amide bonds. The molecular formula is Bi2O8P2. The van der Waals surface area contributed by atoms with Crippen molar-refractivity contribution in [2.24, 2.45) is 0 Å². The van der Waals surface area contributed by atoms with Crippen LogP contribution in [-0.4, -0.2) is 52.4 Å². The first-order valence-corrected chi connectivity index (χ1v) is 4.38. The molecule has 4 radical (unpaired) electrons. The van der Waals surface area contributed by atoms with Gasteiger partial charge in [-0.15, -0.1) is 0 Å². The number of rotatable bonds is 0. The van der Waals surface area contributed by atoms with E-state index in [-0.39, 0.29) is 52.4 Å². The van der Waals surface area contributed by atoms with Crippen LogP contribution in [0.3, 0.4) is 0 Å². The molecule has 0 spiro atoms.